The van der Waals surface area contributed by atoms with Crippen LogP contribution in [-0.4, -0.2) is 20.7 Å². The molecule has 0 spiro atoms. The van der Waals surface area contributed by atoms with Crippen LogP contribution >= 0.6 is 11.6 Å². The lowest BCUT2D eigenvalue weighted by atomic mass is 10.1. The molecule has 6 nitrogen and oxygen atoms in total. The Bertz CT molecular complexity index is 1220. The molecule has 148 valence electrons. The van der Waals surface area contributed by atoms with Gasteiger partial charge in [0.05, 0.1) is 29.2 Å². The van der Waals surface area contributed by atoms with Crippen LogP contribution in [0.3, 0.4) is 0 Å². The lowest BCUT2D eigenvalue weighted by molar-refractivity contribution is 0.101. The van der Waals surface area contributed by atoms with Crippen LogP contribution in [0.2, 0.25) is 5.02 Å². The smallest absolute Gasteiger partial charge is 0.276 e. The zero-order valence-corrected chi connectivity index (χ0v) is 16.4. The van der Waals surface area contributed by atoms with E-state index in [1.165, 1.54) is 23.1 Å². The van der Waals surface area contributed by atoms with Crippen molar-refractivity contribution in [1.82, 2.24) is 14.8 Å². The van der Waals surface area contributed by atoms with Gasteiger partial charge in [0, 0.05) is 17.3 Å². The number of nitrogens with one attached hydrogen (secondary N) is 1. The van der Waals surface area contributed by atoms with Crippen LogP contribution in [-0.2, 0) is 6.54 Å². The zero-order valence-electron chi connectivity index (χ0n) is 15.7. The van der Waals surface area contributed by atoms with Gasteiger partial charge in [-0.3, -0.25) is 9.48 Å². The molecule has 2 aromatic heterocycles. The van der Waals surface area contributed by atoms with E-state index in [0.717, 1.165) is 18.4 Å². The predicted octanol–water partition coefficient (Wildman–Crippen LogP) is 4.03. The summed E-state index contributed by atoms with van der Waals surface area (Å²) in [7, 11) is 0. The molecule has 3 aromatic rings. The van der Waals surface area contributed by atoms with Gasteiger partial charge in [-0.2, -0.15) is 10.4 Å². The van der Waals surface area contributed by atoms with Crippen LogP contribution in [0.25, 0.3) is 0 Å². The monoisotopic (exact) mass is 419 g/mol. The quantitative estimate of drug-likeness (QED) is 0.647. The fourth-order valence-corrected chi connectivity index (χ4v) is 3.11. The fourth-order valence-electron chi connectivity index (χ4n) is 2.88. The number of anilines is 1. The van der Waals surface area contributed by atoms with E-state index < -0.39 is 17.1 Å². The highest BCUT2D eigenvalue weighted by molar-refractivity contribution is 6.34. The molecule has 4 rings (SSSR count). The summed E-state index contributed by atoms with van der Waals surface area (Å²) >= 11 is 6.10. The Kier molecular flexibility index (Phi) is 5.22. The van der Waals surface area contributed by atoms with Gasteiger partial charge in [-0.25, -0.2) is 9.37 Å². The highest BCUT2D eigenvalue weighted by atomic mass is 35.5. The normalized spacial score (nSPS) is 13.6. The third-order valence-electron chi connectivity index (χ3n) is 4.75. The first-order valence-electron chi connectivity index (χ1n) is 9.16. The van der Waals surface area contributed by atoms with E-state index in [1.807, 2.05) is 30.3 Å². The first-order valence-corrected chi connectivity index (χ1v) is 9.54. The van der Waals surface area contributed by atoms with Crippen molar-refractivity contribution in [3.63, 3.8) is 0 Å². The summed E-state index contributed by atoms with van der Waals surface area (Å²) in [6, 6.07) is 12.7. The largest absolute Gasteiger partial charge is 0.303 e. The summed E-state index contributed by atoms with van der Waals surface area (Å²) in [5.41, 5.74) is 0.714. The number of carbonyl (C=O) groups excluding carboxylic acids is 1. The second kappa shape index (κ2) is 7.98. The predicted molar refractivity (Wildman–Crippen MR) is 109 cm³/mol. The van der Waals surface area contributed by atoms with Gasteiger partial charge in [0.25, 0.3) is 5.91 Å². The number of amides is 1. The number of rotatable bonds is 4. The number of hydrogen-bond donors (Lipinski definition) is 1. The van der Waals surface area contributed by atoms with Crippen molar-refractivity contribution in [2.45, 2.75) is 19.4 Å². The van der Waals surface area contributed by atoms with Crippen LogP contribution in [0.1, 0.15) is 34.5 Å². The van der Waals surface area contributed by atoms with E-state index in [1.54, 1.807) is 0 Å². The number of nitrogens with zero attached hydrogens (tertiary/aromatic N) is 4. The molecule has 1 saturated carbocycles. The number of pyridine rings is 1. The third kappa shape index (κ3) is 4.17. The summed E-state index contributed by atoms with van der Waals surface area (Å²) < 4.78 is 15.9. The second-order valence-electron chi connectivity index (χ2n) is 7.02. The van der Waals surface area contributed by atoms with Crippen molar-refractivity contribution in [2.24, 2.45) is 5.41 Å². The van der Waals surface area contributed by atoms with Crippen LogP contribution in [0, 0.1) is 34.4 Å². The molecular formula is C22H15ClFN5O. The number of carbonyl (C=O) groups is 1. The average molecular weight is 420 g/mol. The number of aromatic nitrogens is 3. The van der Waals surface area contributed by atoms with Gasteiger partial charge < -0.3 is 5.32 Å². The average Bonchev–Trinajstić information content (AvgIpc) is 3.43. The minimum Gasteiger partial charge on any atom is -0.303 e. The van der Waals surface area contributed by atoms with Gasteiger partial charge >= 0.3 is 0 Å². The lowest BCUT2D eigenvalue weighted by Crippen LogP contribution is -2.22. The molecule has 0 unspecified atom stereocenters. The molecule has 2 heterocycles. The molecule has 1 fully saturated rings. The molecule has 1 N–H and O–H groups in total. The Morgan fingerprint density at radius 1 is 1.23 bits per heavy atom. The topological polar surface area (TPSA) is 83.6 Å². The summed E-state index contributed by atoms with van der Waals surface area (Å²) in [6.07, 6.45) is 4.19. The Labute approximate surface area is 177 Å². The molecule has 30 heavy (non-hydrogen) atoms. The third-order valence-corrected chi connectivity index (χ3v) is 5.03. The Morgan fingerprint density at radius 2 is 1.97 bits per heavy atom. The van der Waals surface area contributed by atoms with Crippen molar-refractivity contribution >= 4 is 23.3 Å². The van der Waals surface area contributed by atoms with Gasteiger partial charge in [-0.15, -0.1) is 0 Å². The molecule has 0 saturated heterocycles. The Hall–Kier alpha value is -3.68. The molecule has 1 aliphatic carbocycles. The highest BCUT2D eigenvalue weighted by Gasteiger charge is 2.44. The molecule has 0 atom stereocenters. The standard InChI is InChI=1S/C22H15ClFN5O/c23-17-12-27-29(14-22(13-25)8-9-22)19(17)21(30)28-20-18(24)10-16(11-26-20)7-6-15-4-2-1-3-5-15/h1-5,10-12H,8-9,14H2,(H,26,28,30). The van der Waals surface area contributed by atoms with Gasteiger partial charge in [0.1, 0.15) is 5.69 Å². The molecule has 1 amide bonds. The van der Waals surface area contributed by atoms with Gasteiger partial charge in [-0.05, 0) is 31.0 Å². The van der Waals surface area contributed by atoms with Gasteiger partial charge in [0.2, 0.25) is 0 Å². The molecule has 0 radical (unpaired) electrons. The summed E-state index contributed by atoms with van der Waals surface area (Å²) in [6.45, 7) is 0.253. The van der Waals surface area contributed by atoms with E-state index in [4.69, 9.17) is 11.6 Å². The van der Waals surface area contributed by atoms with Crippen LogP contribution in [0.5, 0.6) is 0 Å². The van der Waals surface area contributed by atoms with E-state index in [-0.39, 0.29) is 23.1 Å². The van der Waals surface area contributed by atoms with Crippen molar-refractivity contribution < 1.29 is 9.18 Å². The van der Waals surface area contributed by atoms with Crippen LogP contribution < -0.4 is 5.32 Å². The highest BCUT2D eigenvalue weighted by Crippen LogP contribution is 2.46. The molecule has 8 heteroatoms. The van der Waals surface area contributed by atoms with Crippen LogP contribution in [0.4, 0.5) is 10.2 Å². The van der Waals surface area contributed by atoms with E-state index >= 15 is 0 Å². The van der Waals surface area contributed by atoms with E-state index in [9.17, 15) is 14.4 Å². The number of halogens is 2. The van der Waals surface area contributed by atoms with Gasteiger partial charge in [0.15, 0.2) is 11.6 Å². The number of hydrogen-bond acceptors (Lipinski definition) is 4. The van der Waals surface area contributed by atoms with Crippen molar-refractivity contribution in [3.05, 3.63) is 76.5 Å². The minimum atomic E-state index is -0.721. The maximum Gasteiger partial charge on any atom is 0.276 e. The Balaban J connectivity index is 1.51. The van der Waals surface area contributed by atoms with E-state index in [2.05, 4.69) is 33.3 Å². The van der Waals surface area contributed by atoms with Gasteiger partial charge in [-0.1, -0.05) is 41.6 Å². The summed E-state index contributed by atoms with van der Waals surface area (Å²) in [5, 5.41) is 15.9. The van der Waals surface area contributed by atoms with Crippen molar-refractivity contribution in [2.75, 3.05) is 5.32 Å². The molecular weight excluding hydrogens is 405 g/mol. The fraction of sp³-hybridized carbons (Fsp3) is 0.182. The van der Waals surface area contributed by atoms with Crippen molar-refractivity contribution in [3.8, 4) is 17.9 Å². The SMILES string of the molecule is N#CC1(Cn2ncc(Cl)c2C(=O)Nc2ncc(C#Cc3ccccc3)cc2F)CC1. The number of nitriles is 1. The van der Waals surface area contributed by atoms with E-state index in [0.29, 0.717) is 5.56 Å². The second-order valence-corrected chi connectivity index (χ2v) is 7.42. The zero-order chi connectivity index (χ0) is 21.1. The molecule has 0 bridgehead atoms. The van der Waals surface area contributed by atoms with Crippen LogP contribution in [0.15, 0.2) is 48.8 Å². The lowest BCUT2D eigenvalue weighted by Gasteiger charge is -2.11. The first-order chi connectivity index (χ1) is 14.5. The maximum atomic E-state index is 14.5. The Morgan fingerprint density at radius 3 is 2.63 bits per heavy atom. The van der Waals surface area contributed by atoms with Crippen molar-refractivity contribution in [1.29, 1.82) is 5.26 Å². The number of benzene rings is 1. The summed E-state index contributed by atoms with van der Waals surface area (Å²) in [5.74, 6) is 4.14. The molecule has 0 aliphatic heterocycles. The minimum absolute atomic E-state index is 0.0623. The first kappa shape index (κ1) is 19.6. The molecule has 1 aromatic carbocycles. The summed E-state index contributed by atoms with van der Waals surface area (Å²) in [4.78, 5) is 16.7. The maximum absolute atomic E-state index is 14.5. The molecule has 1 aliphatic rings.